The van der Waals surface area contributed by atoms with E-state index in [2.05, 4.69) is 10.6 Å². The Labute approximate surface area is 167 Å². The van der Waals surface area contributed by atoms with Crippen LogP contribution in [-0.4, -0.2) is 24.3 Å². The Balaban J connectivity index is 1.46. The molecule has 0 radical (unpaired) electrons. The average molecular weight is 398 g/mol. The summed E-state index contributed by atoms with van der Waals surface area (Å²) in [5.41, 5.74) is 4.33. The molecule has 7 heteroatoms. The SMILES string of the molecule is C[C@@H]1C(=O)N2CCCc3cc(NC(=O)C(=O)NCc4ccc(Cl)cc4)cc1c32. The number of rotatable bonds is 3. The van der Waals surface area contributed by atoms with Crippen molar-refractivity contribution in [1.29, 1.82) is 0 Å². The number of amides is 3. The number of carbonyl (C=O) groups excluding carboxylic acids is 3. The van der Waals surface area contributed by atoms with E-state index >= 15 is 0 Å². The summed E-state index contributed by atoms with van der Waals surface area (Å²) in [6.45, 7) is 2.85. The molecule has 2 aliphatic rings. The Bertz CT molecular complexity index is 972. The van der Waals surface area contributed by atoms with E-state index in [-0.39, 0.29) is 18.4 Å². The van der Waals surface area contributed by atoms with Gasteiger partial charge in [-0.15, -0.1) is 0 Å². The fourth-order valence-electron chi connectivity index (χ4n) is 3.82. The second-order valence-corrected chi connectivity index (χ2v) is 7.59. The zero-order chi connectivity index (χ0) is 19.8. The summed E-state index contributed by atoms with van der Waals surface area (Å²) < 4.78 is 0. The molecule has 2 N–H and O–H groups in total. The van der Waals surface area contributed by atoms with Crippen LogP contribution in [0.5, 0.6) is 0 Å². The lowest BCUT2D eigenvalue weighted by Crippen LogP contribution is -2.35. The first-order valence-corrected chi connectivity index (χ1v) is 9.63. The van der Waals surface area contributed by atoms with Gasteiger partial charge in [0.2, 0.25) is 5.91 Å². The quantitative estimate of drug-likeness (QED) is 0.781. The second-order valence-electron chi connectivity index (χ2n) is 7.15. The topological polar surface area (TPSA) is 78.5 Å². The van der Waals surface area contributed by atoms with Gasteiger partial charge in [0.25, 0.3) is 0 Å². The van der Waals surface area contributed by atoms with Crippen LogP contribution in [0, 0.1) is 0 Å². The molecule has 2 aromatic carbocycles. The molecule has 0 spiro atoms. The van der Waals surface area contributed by atoms with Gasteiger partial charge in [-0.05, 0) is 60.7 Å². The third-order valence-electron chi connectivity index (χ3n) is 5.25. The molecule has 2 aromatic rings. The van der Waals surface area contributed by atoms with Crippen LogP contribution in [0.25, 0.3) is 0 Å². The molecular formula is C21H20ClN3O3. The van der Waals surface area contributed by atoms with Crippen molar-refractivity contribution in [3.8, 4) is 0 Å². The number of halogens is 1. The number of benzene rings is 2. The third kappa shape index (κ3) is 3.36. The van der Waals surface area contributed by atoms with Crippen molar-refractivity contribution in [3.05, 3.63) is 58.1 Å². The summed E-state index contributed by atoms with van der Waals surface area (Å²) in [5.74, 6) is -1.58. The lowest BCUT2D eigenvalue weighted by atomic mass is 9.96. The molecule has 2 aliphatic heterocycles. The van der Waals surface area contributed by atoms with Crippen LogP contribution >= 0.6 is 11.6 Å². The fourth-order valence-corrected chi connectivity index (χ4v) is 3.95. The molecule has 6 nitrogen and oxygen atoms in total. The van der Waals surface area contributed by atoms with Crippen molar-refractivity contribution in [2.24, 2.45) is 0 Å². The predicted molar refractivity (Wildman–Crippen MR) is 107 cm³/mol. The van der Waals surface area contributed by atoms with Crippen LogP contribution in [0.1, 0.15) is 36.0 Å². The van der Waals surface area contributed by atoms with E-state index in [4.69, 9.17) is 11.6 Å². The molecule has 1 atom stereocenters. The molecule has 28 heavy (non-hydrogen) atoms. The third-order valence-corrected chi connectivity index (χ3v) is 5.50. The van der Waals surface area contributed by atoms with Gasteiger partial charge in [0, 0.05) is 23.8 Å². The summed E-state index contributed by atoms with van der Waals surface area (Å²) in [6, 6.07) is 10.7. The summed E-state index contributed by atoms with van der Waals surface area (Å²) in [4.78, 5) is 38.7. The zero-order valence-electron chi connectivity index (χ0n) is 15.4. The van der Waals surface area contributed by atoms with E-state index in [1.807, 2.05) is 17.9 Å². The Kier molecular flexibility index (Phi) is 4.81. The number of nitrogens with one attached hydrogen (secondary N) is 2. The molecule has 0 aliphatic carbocycles. The van der Waals surface area contributed by atoms with Crippen molar-refractivity contribution in [2.45, 2.75) is 32.2 Å². The molecule has 0 bridgehead atoms. The van der Waals surface area contributed by atoms with Gasteiger partial charge in [-0.3, -0.25) is 14.4 Å². The van der Waals surface area contributed by atoms with E-state index in [9.17, 15) is 14.4 Å². The summed E-state index contributed by atoms with van der Waals surface area (Å²) in [7, 11) is 0. The monoisotopic (exact) mass is 397 g/mol. The number of aryl methyl sites for hydroxylation is 1. The molecule has 3 amide bonds. The fraction of sp³-hybridized carbons (Fsp3) is 0.286. The highest BCUT2D eigenvalue weighted by atomic mass is 35.5. The number of hydrogen-bond donors (Lipinski definition) is 2. The molecule has 2 heterocycles. The Morgan fingerprint density at radius 3 is 2.68 bits per heavy atom. The van der Waals surface area contributed by atoms with Crippen LogP contribution in [0.15, 0.2) is 36.4 Å². The van der Waals surface area contributed by atoms with Crippen LogP contribution in [0.3, 0.4) is 0 Å². The number of carbonyl (C=O) groups is 3. The maximum absolute atomic E-state index is 12.4. The minimum atomic E-state index is -0.731. The molecule has 0 aromatic heterocycles. The minimum Gasteiger partial charge on any atom is -0.344 e. The number of nitrogens with zero attached hydrogens (tertiary/aromatic N) is 1. The van der Waals surface area contributed by atoms with Gasteiger partial charge in [0.1, 0.15) is 0 Å². The van der Waals surface area contributed by atoms with Crippen LogP contribution < -0.4 is 15.5 Å². The minimum absolute atomic E-state index is 0.0973. The van der Waals surface area contributed by atoms with E-state index in [1.54, 1.807) is 30.3 Å². The molecule has 144 valence electrons. The summed E-state index contributed by atoms with van der Waals surface area (Å²) in [6.07, 6.45) is 1.75. The van der Waals surface area contributed by atoms with Crippen LogP contribution in [0.4, 0.5) is 11.4 Å². The second kappa shape index (κ2) is 7.28. The first-order valence-electron chi connectivity index (χ1n) is 9.26. The molecular weight excluding hydrogens is 378 g/mol. The Morgan fingerprint density at radius 1 is 1.18 bits per heavy atom. The maximum atomic E-state index is 12.4. The van der Waals surface area contributed by atoms with Gasteiger partial charge in [0.05, 0.1) is 11.6 Å². The number of anilines is 2. The molecule has 0 unspecified atom stereocenters. The highest BCUT2D eigenvalue weighted by Gasteiger charge is 2.38. The lowest BCUT2D eigenvalue weighted by molar-refractivity contribution is -0.136. The molecule has 0 saturated heterocycles. The first-order chi connectivity index (χ1) is 13.4. The zero-order valence-corrected chi connectivity index (χ0v) is 16.2. The predicted octanol–water partition coefficient (Wildman–Crippen LogP) is 2.99. The van der Waals surface area contributed by atoms with Gasteiger partial charge >= 0.3 is 11.8 Å². The van der Waals surface area contributed by atoms with Gasteiger partial charge in [-0.25, -0.2) is 0 Å². The van der Waals surface area contributed by atoms with Crippen molar-refractivity contribution >= 4 is 40.7 Å². The Morgan fingerprint density at radius 2 is 1.93 bits per heavy atom. The lowest BCUT2D eigenvalue weighted by Gasteiger charge is -2.26. The summed E-state index contributed by atoms with van der Waals surface area (Å²) in [5, 5.41) is 5.87. The number of hydrogen-bond acceptors (Lipinski definition) is 3. The maximum Gasteiger partial charge on any atom is 0.313 e. The first kappa shape index (κ1) is 18.5. The van der Waals surface area contributed by atoms with E-state index in [1.165, 1.54) is 0 Å². The van der Waals surface area contributed by atoms with Gasteiger partial charge < -0.3 is 15.5 Å². The molecule has 0 saturated carbocycles. The van der Waals surface area contributed by atoms with Crippen LogP contribution in [-0.2, 0) is 27.3 Å². The standard InChI is InChI=1S/C21H20ClN3O3/c1-12-17-10-16(9-14-3-2-8-25(18(14)17)21(12)28)24-20(27)19(26)23-11-13-4-6-15(22)7-5-13/h4-7,9-10,12H,2-3,8,11H2,1H3,(H,23,26)(H,24,27)/t12-/m0/s1. The normalized spacial score (nSPS) is 17.3. The van der Waals surface area contributed by atoms with Crippen LogP contribution in [0.2, 0.25) is 5.02 Å². The van der Waals surface area contributed by atoms with Crippen molar-refractivity contribution < 1.29 is 14.4 Å². The van der Waals surface area contributed by atoms with Crippen molar-refractivity contribution in [2.75, 3.05) is 16.8 Å². The average Bonchev–Trinajstić information content (AvgIpc) is 2.94. The van der Waals surface area contributed by atoms with Gasteiger partial charge in [0.15, 0.2) is 0 Å². The summed E-state index contributed by atoms with van der Waals surface area (Å²) >= 11 is 5.84. The molecule has 4 rings (SSSR count). The van der Waals surface area contributed by atoms with E-state index < -0.39 is 11.8 Å². The van der Waals surface area contributed by atoms with Gasteiger partial charge in [-0.2, -0.15) is 0 Å². The Hall–Kier alpha value is -2.86. The largest absolute Gasteiger partial charge is 0.344 e. The van der Waals surface area contributed by atoms with Gasteiger partial charge in [-0.1, -0.05) is 23.7 Å². The van der Waals surface area contributed by atoms with Crippen molar-refractivity contribution in [3.63, 3.8) is 0 Å². The highest BCUT2D eigenvalue weighted by molar-refractivity contribution is 6.39. The molecule has 0 fully saturated rings. The highest BCUT2D eigenvalue weighted by Crippen LogP contribution is 2.44. The van der Waals surface area contributed by atoms with Crippen molar-refractivity contribution in [1.82, 2.24) is 5.32 Å². The van der Waals surface area contributed by atoms with E-state index in [0.717, 1.165) is 41.8 Å². The smallest absolute Gasteiger partial charge is 0.313 e. The van der Waals surface area contributed by atoms with E-state index in [0.29, 0.717) is 10.7 Å².